The van der Waals surface area contributed by atoms with Crippen LogP contribution in [-0.4, -0.2) is 54.2 Å². The van der Waals surface area contributed by atoms with E-state index in [0.717, 1.165) is 49.2 Å². The lowest BCUT2D eigenvalue weighted by molar-refractivity contribution is -0.0124. The lowest BCUT2D eigenvalue weighted by Crippen LogP contribution is -2.11. The Labute approximate surface area is 213 Å². The van der Waals surface area contributed by atoms with Crippen molar-refractivity contribution in [2.45, 2.75) is 72.6 Å². The predicted octanol–water partition coefficient (Wildman–Crippen LogP) is 6.65. The second kappa shape index (κ2) is 20.3. The van der Waals surface area contributed by atoms with E-state index in [1.165, 1.54) is 29.6 Å². The zero-order chi connectivity index (χ0) is 25.7. The lowest BCUT2D eigenvalue weighted by Gasteiger charge is -2.18. The molecule has 0 spiro atoms. The molecule has 0 saturated carbocycles. The third-order valence-corrected chi connectivity index (χ3v) is 5.50. The van der Waals surface area contributed by atoms with Gasteiger partial charge < -0.3 is 28.4 Å². The van der Waals surface area contributed by atoms with Crippen LogP contribution < -0.4 is 9.47 Å². The van der Waals surface area contributed by atoms with Gasteiger partial charge >= 0.3 is 0 Å². The summed E-state index contributed by atoms with van der Waals surface area (Å²) >= 11 is 0. The maximum atomic E-state index is 6.10. The highest BCUT2D eigenvalue weighted by Crippen LogP contribution is 2.33. The molecular formula is C29H48O6. The molecule has 0 unspecified atom stereocenters. The third-order valence-electron chi connectivity index (χ3n) is 5.50. The quantitative estimate of drug-likeness (QED) is 0.109. The molecule has 0 fully saturated rings. The largest absolute Gasteiger partial charge is 0.467 e. The zero-order valence-corrected chi connectivity index (χ0v) is 23.0. The van der Waals surface area contributed by atoms with Gasteiger partial charge in [-0.25, -0.2) is 0 Å². The van der Waals surface area contributed by atoms with Gasteiger partial charge in [-0.1, -0.05) is 43.1 Å². The molecule has 0 aliphatic carbocycles. The summed E-state index contributed by atoms with van der Waals surface area (Å²) in [6, 6.07) is 4.27. The maximum Gasteiger partial charge on any atom is 0.189 e. The lowest BCUT2D eigenvalue weighted by atomic mass is 10.00. The molecular weight excluding hydrogens is 444 g/mol. The number of allylic oxidation sites excluding steroid dienone is 4. The molecule has 0 N–H and O–H groups in total. The molecule has 1 aromatic carbocycles. The van der Waals surface area contributed by atoms with Crippen LogP contribution in [0.1, 0.15) is 70.9 Å². The minimum atomic E-state index is 0.168. The van der Waals surface area contributed by atoms with E-state index in [0.29, 0.717) is 26.4 Å². The second-order valence-corrected chi connectivity index (χ2v) is 8.93. The summed E-state index contributed by atoms with van der Waals surface area (Å²) in [5.74, 6) is 1.60. The van der Waals surface area contributed by atoms with Gasteiger partial charge in [0.15, 0.2) is 13.6 Å². The molecule has 35 heavy (non-hydrogen) atoms. The summed E-state index contributed by atoms with van der Waals surface area (Å²) in [6.07, 6.45) is 11.8. The van der Waals surface area contributed by atoms with Gasteiger partial charge in [0, 0.05) is 19.8 Å². The monoisotopic (exact) mass is 492 g/mol. The Morgan fingerprint density at radius 3 is 1.91 bits per heavy atom. The summed E-state index contributed by atoms with van der Waals surface area (Å²) in [6.45, 7) is 11.1. The number of unbranched alkanes of at least 4 members (excludes halogenated alkanes) is 2. The molecule has 0 heterocycles. The molecule has 0 aliphatic rings. The Hall–Kier alpha value is -1.86. The Balaban J connectivity index is 3.10. The zero-order valence-electron chi connectivity index (χ0n) is 23.0. The molecule has 0 bridgehead atoms. The van der Waals surface area contributed by atoms with Crippen molar-refractivity contribution in [1.82, 2.24) is 0 Å². The van der Waals surface area contributed by atoms with Crippen molar-refractivity contribution in [3.63, 3.8) is 0 Å². The van der Waals surface area contributed by atoms with Crippen LogP contribution in [0.5, 0.6) is 11.5 Å². The minimum Gasteiger partial charge on any atom is -0.467 e. The summed E-state index contributed by atoms with van der Waals surface area (Å²) in [5.41, 5.74) is 4.91. The van der Waals surface area contributed by atoms with Crippen LogP contribution in [0, 0.1) is 0 Å². The van der Waals surface area contributed by atoms with Crippen molar-refractivity contribution in [2.75, 3.05) is 54.2 Å². The molecule has 0 saturated heterocycles. The van der Waals surface area contributed by atoms with Gasteiger partial charge in [0.25, 0.3) is 0 Å². The first-order chi connectivity index (χ1) is 17.0. The van der Waals surface area contributed by atoms with Gasteiger partial charge in [0.2, 0.25) is 0 Å². The Kier molecular flexibility index (Phi) is 18.1. The highest BCUT2D eigenvalue weighted by atomic mass is 16.7. The van der Waals surface area contributed by atoms with Gasteiger partial charge in [-0.3, -0.25) is 0 Å². The standard InChI is InChI=1S/C29H48O6/c1-7-8-9-13-26-20-28(34-22-32-18-16-30-5)27(15-14-25(4)12-10-11-24(2)3)29(21-26)35-23-33-19-17-31-6/h11,14,20-21H,7-10,12-13,15-19,22-23H2,1-6H3/b25-14+. The van der Waals surface area contributed by atoms with Gasteiger partial charge in [-0.15, -0.1) is 0 Å². The van der Waals surface area contributed by atoms with Gasteiger partial charge in [0.1, 0.15) is 11.5 Å². The predicted molar refractivity (Wildman–Crippen MR) is 142 cm³/mol. The maximum absolute atomic E-state index is 6.10. The normalized spacial score (nSPS) is 11.5. The second-order valence-electron chi connectivity index (χ2n) is 8.93. The van der Waals surface area contributed by atoms with E-state index in [4.69, 9.17) is 28.4 Å². The van der Waals surface area contributed by atoms with Crippen molar-refractivity contribution in [2.24, 2.45) is 0 Å². The van der Waals surface area contributed by atoms with Crippen LogP contribution in [0.15, 0.2) is 35.4 Å². The summed E-state index contributed by atoms with van der Waals surface area (Å²) in [5, 5.41) is 0. The van der Waals surface area contributed by atoms with Crippen molar-refractivity contribution in [3.8, 4) is 11.5 Å². The van der Waals surface area contributed by atoms with E-state index in [1.54, 1.807) is 14.2 Å². The van der Waals surface area contributed by atoms with Gasteiger partial charge in [-0.2, -0.15) is 0 Å². The average Bonchev–Trinajstić information content (AvgIpc) is 2.83. The van der Waals surface area contributed by atoms with Crippen LogP contribution in [0.3, 0.4) is 0 Å². The smallest absolute Gasteiger partial charge is 0.189 e. The van der Waals surface area contributed by atoms with Crippen LogP contribution in [0.25, 0.3) is 0 Å². The van der Waals surface area contributed by atoms with Crippen LogP contribution in [0.4, 0.5) is 0 Å². The SMILES string of the molecule is CCCCCc1cc(OCOCCOC)c(C/C=C(\C)CCC=C(C)C)c(OCOCCOC)c1. The number of ether oxygens (including phenoxy) is 6. The first kappa shape index (κ1) is 31.2. The van der Waals surface area contributed by atoms with E-state index < -0.39 is 0 Å². The molecule has 0 aromatic heterocycles. The fraction of sp³-hybridized carbons (Fsp3) is 0.655. The highest BCUT2D eigenvalue weighted by molar-refractivity contribution is 5.49. The summed E-state index contributed by atoms with van der Waals surface area (Å²) < 4.78 is 33.5. The fourth-order valence-corrected chi connectivity index (χ4v) is 3.44. The van der Waals surface area contributed by atoms with E-state index in [9.17, 15) is 0 Å². The summed E-state index contributed by atoms with van der Waals surface area (Å²) in [4.78, 5) is 0. The number of hydrogen-bond donors (Lipinski definition) is 0. The molecule has 0 aliphatic heterocycles. The number of aryl methyl sites for hydroxylation is 1. The molecule has 1 aromatic rings. The van der Waals surface area contributed by atoms with E-state index in [-0.39, 0.29) is 13.6 Å². The topological polar surface area (TPSA) is 55.4 Å². The number of rotatable bonds is 21. The minimum absolute atomic E-state index is 0.168. The van der Waals surface area contributed by atoms with Gasteiger partial charge in [-0.05, 0) is 70.6 Å². The molecule has 0 amide bonds. The van der Waals surface area contributed by atoms with Crippen molar-refractivity contribution >= 4 is 0 Å². The number of methoxy groups -OCH3 is 2. The van der Waals surface area contributed by atoms with E-state index in [1.807, 2.05) is 0 Å². The summed E-state index contributed by atoms with van der Waals surface area (Å²) in [7, 11) is 3.32. The third kappa shape index (κ3) is 15.0. The molecule has 0 atom stereocenters. The number of hydrogen-bond acceptors (Lipinski definition) is 6. The van der Waals surface area contributed by atoms with E-state index >= 15 is 0 Å². The van der Waals surface area contributed by atoms with E-state index in [2.05, 4.69) is 52.0 Å². The number of benzene rings is 1. The van der Waals surface area contributed by atoms with Crippen molar-refractivity contribution < 1.29 is 28.4 Å². The van der Waals surface area contributed by atoms with Crippen LogP contribution >= 0.6 is 0 Å². The molecule has 6 nitrogen and oxygen atoms in total. The van der Waals surface area contributed by atoms with Gasteiger partial charge in [0.05, 0.1) is 26.4 Å². The fourth-order valence-electron chi connectivity index (χ4n) is 3.44. The van der Waals surface area contributed by atoms with Crippen LogP contribution in [0.2, 0.25) is 0 Å². The Bertz CT molecular complexity index is 702. The molecule has 1 rings (SSSR count). The molecule has 0 radical (unpaired) electrons. The highest BCUT2D eigenvalue weighted by Gasteiger charge is 2.14. The Morgan fingerprint density at radius 1 is 0.800 bits per heavy atom. The molecule has 6 heteroatoms. The average molecular weight is 493 g/mol. The first-order valence-electron chi connectivity index (χ1n) is 12.9. The van der Waals surface area contributed by atoms with Crippen molar-refractivity contribution in [3.05, 3.63) is 46.6 Å². The Morgan fingerprint density at radius 2 is 1.40 bits per heavy atom. The molecule has 200 valence electrons. The van der Waals surface area contributed by atoms with Crippen LogP contribution in [-0.2, 0) is 31.8 Å². The first-order valence-corrected chi connectivity index (χ1v) is 12.9. The van der Waals surface area contributed by atoms with Crippen molar-refractivity contribution in [1.29, 1.82) is 0 Å².